The molecule has 6 nitrogen and oxygen atoms in total. The lowest BCUT2D eigenvalue weighted by Gasteiger charge is -2.08. The third-order valence-electron chi connectivity index (χ3n) is 2.73. The summed E-state index contributed by atoms with van der Waals surface area (Å²) in [5.74, 6) is 0.758. The average molecular weight is 270 g/mol. The van der Waals surface area contributed by atoms with Crippen LogP contribution in [0.5, 0.6) is 0 Å². The normalized spacial score (nSPS) is 19.2. The molecule has 0 aliphatic carbocycles. The van der Waals surface area contributed by atoms with Crippen LogP contribution in [0, 0.1) is 5.92 Å². The molecule has 1 aromatic heterocycles. The summed E-state index contributed by atoms with van der Waals surface area (Å²) in [5.41, 5.74) is 0. The summed E-state index contributed by atoms with van der Waals surface area (Å²) in [4.78, 5) is 11.6. The van der Waals surface area contributed by atoms with E-state index in [1.165, 1.54) is 11.3 Å². The quantitative estimate of drug-likeness (QED) is 0.875. The highest BCUT2D eigenvalue weighted by Crippen LogP contribution is 2.22. The highest BCUT2D eigenvalue weighted by atomic mass is 32.1. The van der Waals surface area contributed by atoms with E-state index in [0.717, 1.165) is 24.6 Å². The van der Waals surface area contributed by atoms with Crippen molar-refractivity contribution in [3.63, 3.8) is 0 Å². The molecule has 2 N–H and O–H groups in total. The molecule has 0 radical (unpaired) electrons. The number of rotatable bonds is 4. The van der Waals surface area contributed by atoms with Crippen LogP contribution >= 0.6 is 11.3 Å². The summed E-state index contributed by atoms with van der Waals surface area (Å²) < 4.78 is 5.25. The fraction of sp³-hybridized carbons (Fsp3) is 0.727. The van der Waals surface area contributed by atoms with E-state index in [4.69, 9.17) is 4.74 Å². The molecule has 2 heterocycles. The summed E-state index contributed by atoms with van der Waals surface area (Å²) in [6.45, 7) is 6.26. The molecule has 0 bridgehead atoms. The second kappa shape index (κ2) is 6.10. The van der Waals surface area contributed by atoms with Gasteiger partial charge in [0.2, 0.25) is 5.13 Å². The minimum Gasteiger partial charge on any atom is -0.381 e. The molecule has 1 aliphatic rings. The van der Waals surface area contributed by atoms with Crippen LogP contribution in [0.1, 0.15) is 31.2 Å². The second-order valence-corrected chi connectivity index (χ2v) is 5.67. The van der Waals surface area contributed by atoms with E-state index >= 15 is 0 Å². The Labute approximate surface area is 110 Å². The monoisotopic (exact) mass is 270 g/mol. The summed E-state index contributed by atoms with van der Waals surface area (Å²) in [6.07, 6.45) is 1.01. The molecule has 0 unspecified atom stereocenters. The lowest BCUT2D eigenvalue weighted by molar-refractivity contribution is 0.185. The highest BCUT2D eigenvalue weighted by Gasteiger charge is 2.16. The first-order valence-corrected chi connectivity index (χ1v) is 6.93. The van der Waals surface area contributed by atoms with Crippen molar-refractivity contribution in [3.8, 4) is 0 Å². The molecule has 1 aromatic rings. The van der Waals surface area contributed by atoms with Crippen LogP contribution in [0.15, 0.2) is 0 Å². The van der Waals surface area contributed by atoms with Gasteiger partial charge in [0, 0.05) is 25.0 Å². The van der Waals surface area contributed by atoms with E-state index in [0.29, 0.717) is 23.5 Å². The zero-order valence-corrected chi connectivity index (χ0v) is 11.4. The maximum absolute atomic E-state index is 11.6. The lowest BCUT2D eigenvalue weighted by atomic mass is 10.1. The Balaban J connectivity index is 1.75. The fourth-order valence-corrected chi connectivity index (χ4v) is 2.38. The Hall–Kier alpha value is -1.21. The van der Waals surface area contributed by atoms with Crippen LogP contribution in [0.25, 0.3) is 0 Å². The van der Waals surface area contributed by atoms with Gasteiger partial charge in [0.25, 0.3) is 0 Å². The van der Waals surface area contributed by atoms with Gasteiger partial charge < -0.3 is 10.1 Å². The third kappa shape index (κ3) is 3.64. The number of nitrogens with one attached hydrogen (secondary N) is 2. The van der Waals surface area contributed by atoms with E-state index in [9.17, 15) is 4.79 Å². The van der Waals surface area contributed by atoms with Crippen LogP contribution < -0.4 is 10.6 Å². The van der Waals surface area contributed by atoms with Crippen LogP contribution in [0.4, 0.5) is 9.93 Å². The molecule has 0 saturated carbocycles. The number of nitrogens with zero attached hydrogens (tertiary/aromatic N) is 2. The van der Waals surface area contributed by atoms with E-state index in [1.54, 1.807) is 0 Å². The van der Waals surface area contributed by atoms with Gasteiger partial charge in [-0.05, 0) is 6.42 Å². The molecule has 100 valence electrons. The van der Waals surface area contributed by atoms with Gasteiger partial charge in [0.1, 0.15) is 5.01 Å². The summed E-state index contributed by atoms with van der Waals surface area (Å²) in [7, 11) is 0. The number of ether oxygens (including phenoxy) is 1. The maximum atomic E-state index is 11.6. The average Bonchev–Trinajstić information content (AvgIpc) is 2.96. The second-order valence-electron chi connectivity index (χ2n) is 4.66. The van der Waals surface area contributed by atoms with Crippen molar-refractivity contribution in [2.75, 3.05) is 25.1 Å². The number of anilines is 1. The first-order valence-electron chi connectivity index (χ1n) is 6.11. The molecule has 1 atom stereocenters. The van der Waals surface area contributed by atoms with E-state index < -0.39 is 0 Å². The molecular weight excluding hydrogens is 252 g/mol. The van der Waals surface area contributed by atoms with Crippen molar-refractivity contribution in [3.05, 3.63) is 5.01 Å². The molecule has 1 fully saturated rings. The number of hydrogen-bond acceptors (Lipinski definition) is 5. The number of hydrogen-bond donors (Lipinski definition) is 2. The minimum atomic E-state index is -0.228. The van der Waals surface area contributed by atoms with Gasteiger partial charge in [-0.1, -0.05) is 25.2 Å². The van der Waals surface area contributed by atoms with Crippen LogP contribution in [-0.2, 0) is 4.74 Å². The Morgan fingerprint density at radius 2 is 2.39 bits per heavy atom. The number of aromatic nitrogens is 2. The molecule has 18 heavy (non-hydrogen) atoms. The van der Waals surface area contributed by atoms with Gasteiger partial charge in [-0.2, -0.15) is 0 Å². The zero-order chi connectivity index (χ0) is 13.0. The van der Waals surface area contributed by atoms with Crippen LogP contribution in [0.3, 0.4) is 0 Å². The van der Waals surface area contributed by atoms with Crippen LogP contribution in [-0.4, -0.2) is 36.0 Å². The molecule has 0 spiro atoms. The van der Waals surface area contributed by atoms with Gasteiger partial charge in [0.05, 0.1) is 6.61 Å². The minimum absolute atomic E-state index is 0.228. The van der Waals surface area contributed by atoms with E-state index in [1.807, 2.05) is 13.8 Å². The smallest absolute Gasteiger partial charge is 0.321 e. The lowest BCUT2D eigenvalue weighted by Crippen LogP contribution is -2.33. The molecule has 1 aliphatic heterocycles. The Kier molecular flexibility index (Phi) is 4.48. The van der Waals surface area contributed by atoms with E-state index in [-0.39, 0.29) is 6.03 Å². The molecular formula is C11H18N4O2S. The summed E-state index contributed by atoms with van der Waals surface area (Å²) in [6, 6.07) is -0.228. The summed E-state index contributed by atoms with van der Waals surface area (Å²) >= 11 is 1.41. The van der Waals surface area contributed by atoms with Gasteiger partial charge >= 0.3 is 6.03 Å². The Bertz CT molecular complexity index is 402. The number of carbonyl (C=O) groups excluding carboxylic acids is 1. The molecule has 2 rings (SSSR count). The van der Waals surface area contributed by atoms with Gasteiger partial charge in [-0.25, -0.2) is 4.79 Å². The van der Waals surface area contributed by atoms with Crippen LogP contribution in [0.2, 0.25) is 0 Å². The third-order valence-corrected chi connectivity index (χ3v) is 3.87. The van der Waals surface area contributed by atoms with Gasteiger partial charge in [-0.15, -0.1) is 10.2 Å². The van der Waals surface area contributed by atoms with Crippen molar-refractivity contribution < 1.29 is 9.53 Å². The molecule has 1 saturated heterocycles. The Morgan fingerprint density at radius 3 is 3.00 bits per heavy atom. The Morgan fingerprint density at radius 1 is 1.56 bits per heavy atom. The first kappa shape index (κ1) is 13.2. The fourth-order valence-electron chi connectivity index (χ4n) is 1.64. The van der Waals surface area contributed by atoms with Crippen molar-refractivity contribution in [1.29, 1.82) is 0 Å². The molecule has 0 aromatic carbocycles. The molecule has 7 heteroatoms. The highest BCUT2D eigenvalue weighted by molar-refractivity contribution is 7.15. The SMILES string of the molecule is CC(C)c1nnc(NC(=O)NC[C@@H]2CCOC2)s1. The number of carbonyl (C=O) groups is 1. The van der Waals surface area contributed by atoms with Crippen molar-refractivity contribution in [2.45, 2.75) is 26.2 Å². The topological polar surface area (TPSA) is 76.1 Å². The molecule has 2 amide bonds. The van der Waals surface area contributed by atoms with Gasteiger partial charge in [-0.3, -0.25) is 5.32 Å². The van der Waals surface area contributed by atoms with Crippen molar-refractivity contribution in [1.82, 2.24) is 15.5 Å². The summed E-state index contributed by atoms with van der Waals surface area (Å²) in [5, 5.41) is 14.9. The predicted molar refractivity (Wildman–Crippen MR) is 69.9 cm³/mol. The number of amides is 2. The standard InChI is InChI=1S/C11H18N4O2S/c1-7(2)9-14-15-11(18-9)13-10(16)12-5-8-3-4-17-6-8/h7-8H,3-6H2,1-2H3,(H2,12,13,15,16)/t8-/m0/s1. The van der Waals surface area contributed by atoms with Gasteiger partial charge in [0.15, 0.2) is 0 Å². The van der Waals surface area contributed by atoms with Crippen molar-refractivity contribution in [2.24, 2.45) is 5.92 Å². The first-order chi connectivity index (χ1) is 8.65. The zero-order valence-electron chi connectivity index (χ0n) is 10.6. The van der Waals surface area contributed by atoms with Crippen molar-refractivity contribution >= 4 is 22.5 Å². The number of urea groups is 1. The van der Waals surface area contributed by atoms with E-state index in [2.05, 4.69) is 20.8 Å². The largest absolute Gasteiger partial charge is 0.381 e. The predicted octanol–water partition coefficient (Wildman–Crippen LogP) is 1.82. The maximum Gasteiger partial charge on any atom is 0.321 e.